The topological polar surface area (TPSA) is 84.4 Å². The molecule has 9 heteroatoms. The van der Waals surface area contributed by atoms with Gasteiger partial charge in [0.2, 0.25) is 0 Å². The van der Waals surface area contributed by atoms with Crippen molar-refractivity contribution in [2.45, 2.75) is 31.3 Å². The summed E-state index contributed by atoms with van der Waals surface area (Å²) in [6.45, 7) is 6.45. The first kappa shape index (κ1) is 24.8. The number of nitrogens with zero attached hydrogens (tertiary/aromatic N) is 5. The number of halogens is 1. The second-order valence-electron chi connectivity index (χ2n) is 10.2. The summed E-state index contributed by atoms with van der Waals surface area (Å²) in [5, 5.41) is 8.63. The number of aromatic nitrogens is 3. The number of aromatic amines is 1. The van der Waals surface area contributed by atoms with Crippen molar-refractivity contribution >= 4 is 17.7 Å². The molecule has 8 nitrogen and oxygen atoms in total. The molecule has 3 aliphatic heterocycles. The van der Waals surface area contributed by atoms with Crippen molar-refractivity contribution in [3.05, 3.63) is 71.9 Å². The number of amidine groups is 1. The molecule has 38 heavy (non-hydrogen) atoms. The molecule has 0 radical (unpaired) electrons. The second-order valence-corrected chi connectivity index (χ2v) is 10.2. The summed E-state index contributed by atoms with van der Waals surface area (Å²) >= 11 is 0. The fourth-order valence-corrected chi connectivity index (χ4v) is 5.86. The van der Waals surface area contributed by atoms with Crippen LogP contribution in [0.4, 0.5) is 10.2 Å². The molecule has 5 heterocycles. The van der Waals surface area contributed by atoms with Gasteiger partial charge in [0, 0.05) is 38.8 Å². The number of ether oxygens (including phenoxy) is 1. The molecular formula is C29H34FN7O. The van der Waals surface area contributed by atoms with Crippen molar-refractivity contribution in [2.24, 2.45) is 0 Å². The van der Waals surface area contributed by atoms with Crippen LogP contribution in [0.1, 0.15) is 36.7 Å². The van der Waals surface area contributed by atoms with E-state index in [1.807, 2.05) is 29.2 Å². The van der Waals surface area contributed by atoms with E-state index in [1.165, 1.54) is 6.07 Å². The monoisotopic (exact) mass is 515 g/mol. The number of hydrogen-bond acceptors (Lipinski definition) is 6. The van der Waals surface area contributed by atoms with Crippen LogP contribution in [0.2, 0.25) is 0 Å². The molecule has 0 amide bonds. The molecular weight excluding hydrogens is 481 g/mol. The van der Waals surface area contributed by atoms with E-state index in [-0.39, 0.29) is 11.9 Å². The van der Waals surface area contributed by atoms with Crippen molar-refractivity contribution in [1.29, 1.82) is 5.41 Å². The molecule has 1 aromatic carbocycles. The maximum Gasteiger partial charge on any atom is 0.130 e. The van der Waals surface area contributed by atoms with Crippen molar-refractivity contribution in [3.8, 4) is 11.4 Å². The van der Waals surface area contributed by atoms with Crippen LogP contribution in [-0.2, 0) is 4.74 Å². The summed E-state index contributed by atoms with van der Waals surface area (Å²) < 4.78 is 19.3. The van der Waals surface area contributed by atoms with Gasteiger partial charge in [-0.15, -0.1) is 0 Å². The Morgan fingerprint density at radius 2 is 1.95 bits per heavy atom. The van der Waals surface area contributed by atoms with Gasteiger partial charge in [0.05, 0.1) is 36.8 Å². The zero-order valence-corrected chi connectivity index (χ0v) is 21.5. The highest BCUT2D eigenvalue weighted by Crippen LogP contribution is 2.32. The maximum atomic E-state index is 13.8. The third-order valence-electron chi connectivity index (χ3n) is 7.85. The van der Waals surface area contributed by atoms with E-state index in [0.717, 1.165) is 88.0 Å². The first-order valence-corrected chi connectivity index (χ1v) is 13.5. The predicted octanol–water partition coefficient (Wildman–Crippen LogP) is 4.35. The summed E-state index contributed by atoms with van der Waals surface area (Å²) in [4.78, 5) is 19.7. The van der Waals surface area contributed by atoms with E-state index < -0.39 is 0 Å². The number of H-pyrrole nitrogens is 1. The van der Waals surface area contributed by atoms with E-state index >= 15 is 0 Å². The number of hydrogen-bond donors (Lipinski definition) is 2. The molecule has 3 fully saturated rings. The van der Waals surface area contributed by atoms with Crippen LogP contribution >= 0.6 is 0 Å². The molecule has 3 aromatic rings. The fraction of sp³-hybridized carbons (Fsp3) is 0.414. The number of benzene rings is 1. The number of pyridine rings is 1. The highest BCUT2D eigenvalue weighted by molar-refractivity contribution is 5.94. The number of rotatable bonds is 6. The van der Waals surface area contributed by atoms with Gasteiger partial charge in [-0.2, -0.15) is 0 Å². The molecule has 2 N–H and O–H groups in total. The van der Waals surface area contributed by atoms with Crippen LogP contribution in [0.15, 0.2) is 54.7 Å². The van der Waals surface area contributed by atoms with Gasteiger partial charge in [0.15, 0.2) is 0 Å². The molecule has 0 spiro atoms. The van der Waals surface area contributed by atoms with Crippen LogP contribution in [0.3, 0.4) is 0 Å². The van der Waals surface area contributed by atoms with Crippen LogP contribution in [0, 0.1) is 11.2 Å². The lowest BCUT2D eigenvalue weighted by atomic mass is 10.0. The van der Waals surface area contributed by atoms with Gasteiger partial charge in [0.1, 0.15) is 23.3 Å². The van der Waals surface area contributed by atoms with Crippen LogP contribution < -0.4 is 4.90 Å². The number of likely N-dealkylation sites (tertiary alicyclic amines) is 1. The molecule has 2 unspecified atom stereocenters. The Labute approximate surface area is 222 Å². The lowest BCUT2D eigenvalue weighted by Gasteiger charge is -2.32. The maximum absolute atomic E-state index is 13.8. The Morgan fingerprint density at radius 3 is 2.82 bits per heavy atom. The second kappa shape index (κ2) is 11.0. The van der Waals surface area contributed by atoms with Crippen molar-refractivity contribution in [3.63, 3.8) is 0 Å². The largest absolute Gasteiger partial charge is 0.379 e. The van der Waals surface area contributed by atoms with Gasteiger partial charge in [-0.1, -0.05) is 18.2 Å². The highest BCUT2D eigenvalue weighted by Gasteiger charge is 2.30. The van der Waals surface area contributed by atoms with Crippen molar-refractivity contribution < 1.29 is 9.13 Å². The number of imidazole rings is 1. The van der Waals surface area contributed by atoms with Gasteiger partial charge in [-0.3, -0.25) is 10.3 Å². The average molecular weight is 516 g/mol. The smallest absolute Gasteiger partial charge is 0.130 e. The van der Waals surface area contributed by atoms with E-state index in [9.17, 15) is 4.39 Å². The molecule has 0 saturated carbocycles. The molecule has 2 atom stereocenters. The fourth-order valence-electron chi connectivity index (χ4n) is 5.86. The van der Waals surface area contributed by atoms with Crippen LogP contribution in [-0.4, -0.2) is 82.6 Å². The normalized spacial score (nSPS) is 22.6. The lowest BCUT2D eigenvalue weighted by Crippen LogP contribution is -2.44. The SMILES string of the molecule is N=C(/C=C\c1ncc(-c2cccc(N3CCC(N4CCOCC4)C3)n2)[nH]1)N1CCCC1c1cccc(F)c1. The van der Waals surface area contributed by atoms with Gasteiger partial charge in [-0.25, -0.2) is 14.4 Å². The Kier molecular flexibility index (Phi) is 7.20. The Bertz CT molecular complexity index is 1300. The minimum Gasteiger partial charge on any atom is -0.379 e. The minimum absolute atomic E-state index is 0.0235. The molecule has 0 bridgehead atoms. The van der Waals surface area contributed by atoms with Crippen molar-refractivity contribution in [2.75, 3.05) is 50.8 Å². The first-order valence-electron chi connectivity index (χ1n) is 13.5. The van der Waals surface area contributed by atoms with Crippen molar-refractivity contribution in [1.82, 2.24) is 24.8 Å². The van der Waals surface area contributed by atoms with E-state index in [4.69, 9.17) is 15.1 Å². The summed E-state index contributed by atoms with van der Waals surface area (Å²) in [7, 11) is 0. The third kappa shape index (κ3) is 5.35. The van der Waals surface area contributed by atoms with Gasteiger partial charge in [-0.05, 0) is 61.2 Å². The molecule has 6 rings (SSSR count). The van der Waals surface area contributed by atoms with E-state index in [2.05, 4.69) is 25.8 Å². The van der Waals surface area contributed by atoms with Gasteiger partial charge < -0.3 is 19.5 Å². The Hall–Kier alpha value is -3.56. The Morgan fingerprint density at radius 1 is 1.08 bits per heavy atom. The minimum atomic E-state index is -0.237. The summed E-state index contributed by atoms with van der Waals surface area (Å²) in [6, 6.07) is 13.4. The predicted molar refractivity (Wildman–Crippen MR) is 147 cm³/mol. The zero-order valence-electron chi connectivity index (χ0n) is 21.5. The molecule has 198 valence electrons. The van der Waals surface area contributed by atoms with Crippen LogP contribution in [0.25, 0.3) is 17.5 Å². The standard InChI is InChI=1S/C29H34FN7O/c30-22-5-1-4-21(18-22)26-7-3-12-37(26)27(31)9-10-28-32-19-25(33-28)24-6-2-8-29(34-24)36-13-11-23(20-36)35-14-16-38-17-15-35/h1-2,4-6,8-10,18-19,23,26,31H,3,7,11-17,20H2,(H,32,33)/b10-9-,31-27?. The van der Waals surface area contributed by atoms with Gasteiger partial charge >= 0.3 is 0 Å². The third-order valence-corrected chi connectivity index (χ3v) is 7.85. The molecule has 3 aliphatic rings. The highest BCUT2D eigenvalue weighted by atomic mass is 19.1. The Balaban J connectivity index is 1.10. The molecule has 3 saturated heterocycles. The van der Waals surface area contributed by atoms with Gasteiger partial charge in [0.25, 0.3) is 0 Å². The number of anilines is 1. The number of nitrogens with one attached hydrogen (secondary N) is 2. The average Bonchev–Trinajstić information content (AvgIpc) is 3.73. The number of morpholine rings is 1. The first-order chi connectivity index (χ1) is 18.6. The van der Waals surface area contributed by atoms with E-state index in [0.29, 0.717) is 17.7 Å². The summed E-state index contributed by atoms with van der Waals surface area (Å²) in [6.07, 6.45) is 8.42. The van der Waals surface area contributed by atoms with Crippen LogP contribution in [0.5, 0.6) is 0 Å². The summed E-state index contributed by atoms with van der Waals surface area (Å²) in [5.74, 6) is 1.83. The lowest BCUT2D eigenvalue weighted by molar-refractivity contribution is 0.0209. The van der Waals surface area contributed by atoms with E-state index in [1.54, 1.807) is 24.4 Å². The molecule has 0 aliphatic carbocycles. The summed E-state index contributed by atoms with van der Waals surface area (Å²) in [5.41, 5.74) is 2.62. The quantitative estimate of drug-likeness (QED) is 0.375. The zero-order chi connectivity index (χ0) is 25.9. The molecule has 2 aromatic heterocycles.